The van der Waals surface area contributed by atoms with Crippen LogP contribution in [0.1, 0.15) is 44.2 Å². The average molecular weight is 382 g/mol. The number of fused-ring (bicyclic) bond motifs is 1. The highest BCUT2D eigenvalue weighted by Gasteiger charge is 2.44. The highest BCUT2D eigenvalue weighted by atomic mass is 16.3. The molecular formula is C24H35N3O. The predicted octanol–water partition coefficient (Wildman–Crippen LogP) is 3.85. The van der Waals surface area contributed by atoms with Crippen molar-refractivity contribution in [3.63, 3.8) is 0 Å². The minimum atomic E-state index is 0.314. The number of rotatable bonds is 4. The first-order valence-electron chi connectivity index (χ1n) is 10.9. The van der Waals surface area contributed by atoms with E-state index in [0.29, 0.717) is 24.0 Å². The number of hydrogen-bond donors (Lipinski definition) is 1. The average Bonchev–Trinajstić information content (AvgIpc) is 2.72. The number of piperidine rings is 2. The van der Waals surface area contributed by atoms with E-state index in [9.17, 15) is 5.11 Å². The summed E-state index contributed by atoms with van der Waals surface area (Å²) >= 11 is 0. The van der Waals surface area contributed by atoms with Crippen molar-refractivity contribution in [2.75, 3.05) is 32.8 Å². The minimum Gasteiger partial charge on any atom is -0.396 e. The Bertz CT molecular complexity index is 811. The van der Waals surface area contributed by atoms with Crippen molar-refractivity contribution < 1.29 is 5.11 Å². The van der Waals surface area contributed by atoms with E-state index in [4.69, 9.17) is 0 Å². The van der Waals surface area contributed by atoms with E-state index in [1.807, 2.05) is 12.3 Å². The van der Waals surface area contributed by atoms with Gasteiger partial charge in [0.15, 0.2) is 0 Å². The largest absolute Gasteiger partial charge is 0.396 e. The first kappa shape index (κ1) is 19.8. The fourth-order valence-corrected chi connectivity index (χ4v) is 5.47. The molecule has 0 amide bonds. The van der Waals surface area contributed by atoms with Gasteiger partial charge >= 0.3 is 0 Å². The van der Waals surface area contributed by atoms with E-state index < -0.39 is 0 Å². The van der Waals surface area contributed by atoms with Crippen LogP contribution in [0.2, 0.25) is 0 Å². The Balaban J connectivity index is 1.48. The second-order valence-electron chi connectivity index (χ2n) is 9.30. The third kappa shape index (κ3) is 3.70. The van der Waals surface area contributed by atoms with Gasteiger partial charge in [0.25, 0.3) is 0 Å². The van der Waals surface area contributed by atoms with Crippen LogP contribution in [0.15, 0.2) is 30.5 Å². The zero-order valence-electron chi connectivity index (χ0n) is 17.7. The van der Waals surface area contributed by atoms with Gasteiger partial charge in [-0.1, -0.05) is 18.2 Å². The molecule has 2 saturated heterocycles. The fraction of sp³-hybridized carbons (Fsp3) is 0.625. The van der Waals surface area contributed by atoms with Crippen molar-refractivity contribution in [2.45, 2.75) is 52.6 Å². The van der Waals surface area contributed by atoms with Crippen molar-refractivity contribution in [1.29, 1.82) is 0 Å². The van der Waals surface area contributed by atoms with E-state index in [1.165, 1.54) is 48.9 Å². The maximum atomic E-state index is 10.2. The summed E-state index contributed by atoms with van der Waals surface area (Å²) in [4.78, 5) is 9.74. The molecule has 1 aromatic carbocycles. The number of benzene rings is 1. The molecule has 2 aliphatic heterocycles. The molecule has 1 atom stereocenters. The van der Waals surface area contributed by atoms with Crippen LogP contribution in [0.4, 0.5) is 0 Å². The lowest BCUT2D eigenvalue weighted by atomic mass is 9.64. The van der Waals surface area contributed by atoms with Crippen LogP contribution in [0, 0.1) is 18.3 Å². The van der Waals surface area contributed by atoms with Gasteiger partial charge in [0.05, 0.1) is 5.52 Å². The van der Waals surface area contributed by atoms with Crippen molar-refractivity contribution in [3.05, 3.63) is 41.6 Å². The van der Waals surface area contributed by atoms with Crippen LogP contribution in [0.3, 0.4) is 0 Å². The molecule has 4 rings (SSSR count). The van der Waals surface area contributed by atoms with Crippen molar-refractivity contribution in [2.24, 2.45) is 11.3 Å². The van der Waals surface area contributed by atoms with Crippen LogP contribution < -0.4 is 0 Å². The lowest BCUT2D eigenvalue weighted by Gasteiger charge is -2.52. The molecule has 2 fully saturated rings. The molecular weight excluding hydrogens is 346 g/mol. The number of aryl methyl sites for hydroxylation is 1. The Morgan fingerprint density at radius 3 is 2.61 bits per heavy atom. The van der Waals surface area contributed by atoms with Gasteiger partial charge in [-0.05, 0) is 82.3 Å². The summed E-state index contributed by atoms with van der Waals surface area (Å²) in [5.41, 5.74) is 4.05. The number of hydrogen-bond acceptors (Lipinski definition) is 4. The summed E-state index contributed by atoms with van der Waals surface area (Å²) in [7, 11) is 0. The number of aliphatic hydroxyl groups excluding tert-OH is 1. The molecule has 28 heavy (non-hydrogen) atoms. The molecule has 1 spiro atoms. The zero-order chi connectivity index (χ0) is 19.7. The molecule has 0 aliphatic carbocycles. The van der Waals surface area contributed by atoms with Gasteiger partial charge in [-0.3, -0.25) is 9.88 Å². The van der Waals surface area contributed by atoms with Gasteiger partial charge in [-0.25, -0.2) is 0 Å². The Hall–Kier alpha value is -1.49. The zero-order valence-corrected chi connectivity index (χ0v) is 17.7. The van der Waals surface area contributed by atoms with Crippen LogP contribution in [-0.4, -0.2) is 58.7 Å². The van der Waals surface area contributed by atoms with Gasteiger partial charge < -0.3 is 10.0 Å². The molecule has 4 nitrogen and oxygen atoms in total. The topological polar surface area (TPSA) is 39.6 Å². The van der Waals surface area contributed by atoms with Gasteiger partial charge in [0, 0.05) is 43.2 Å². The number of aromatic nitrogens is 1. The van der Waals surface area contributed by atoms with Crippen LogP contribution >= 0.6 is 0 Å². The molecule has 2 aromatic rings. The molecule has 1 aromatic heterocycles. The molecule has 0 unspecified atom stereocenters. The van der Waals surface area contributed by atoms with E-state index >= 15 is 0 Å². The Kier molecular flexibility index (Phi) is 5.73. The highest BCUT2D eigenvalue weighted by molar-refractivity contribution is 5.84. The molecule has 0 radical (unpaired) electrons. The maximum Gasteiger partial charge on any atom is 0.0734 e. The molecule has 2 aliphatic rings. The van der Waals surface area contributed by atoms with Crippen molar-refractivity contribution in [3.8, 4) is 0 Å². The van der Waals surface area contributed by atoms with Gasteiger partial charge in [-0.2, -0.15) is 0 Å². The molecule has 3 heterocycles. The van der Waals surface area contributed by atoms with Crippen LogP contribution in [0.5, 0.6) is 0 Å². The Morgan fingerprint density at radius 1 is 1.14 bits per heavy atom. The third-order valence-electron chi connectivity index (χ3n) is 7.47. The standard InChI is InChI=1S/C24H35N3O/c1-18(2)27-13-9-24(10-14-27)8-12-26(16-21(24)17-28)15-20-7-6-19(3)23-22(20)5-4-11-25-23/h4-7,11,18,21,28H,8-10,12-17H2,1-3H3/t21-/m1/s1. The fourth-order valence-electron chi connectivity index (χ4n) is 5.47. The summed E-state index contributed by atoms with van der Waals surface area (Å²) < 4.78 is 0. The van der Waals surface area contributed by atoms with Crippen molar-refractivity contribution in [1.82, 2.24) is 14.8 Å². The smallest absolute Gasteiger partial charge is 0.0734 e. The first-order chi connectivity index (χ1) is 13.5. The summed E-state index contributed by atoms with van der Waals surface area (Å²) in [6.07, 6.45) is 5.57. The number of aliphatic hydroxyl groups is 1. The van der Waals surface area contributed by atoms with Gasteiger partial charge in [0.1, 0.15) is 0 Å². The lowest BCUT2D eigenvalue weighted by Crippen LogP contribution is -2.54. The highest BCUT2D eigenvalue weighted by Crippen LogP contribution is 2.45. The number of likely N-dealkylation sites (tertiary alicyclic amines) is 2. The van der Waals surface area contributed by atoms with E-state index in [2.05, 4.69) is 53.8 Å². The molecule has 1 N–H and O–H groups in total. The summed E-state index contributed by atoms with van der Waals surface area (Å²) in [6.45, 7) is 12.5. The van der Waals surface area contributed by atoms with Crippen LogP contribution in [-0.2, 0) is 6.54 Å². The summed E-state index contributed by atoms with van der Waals surface area (Å²) in [5.74, 6) is 0.394. The van der Waals surface area contributed by atoms with E-state index in [0.717, 1.165) is 25.2 Å². The monoisotopic (exact) mass is 381 g/mol. The molecule has 0 saturated carbocycles. The Morgan fingerprint density at radius 2 is 1.89 bits per heavy atom. The van der Waals surface area contributed by atoms with E-state index in [1.54, 1.807) is 0 Å². The molecule has 4 heteroatoms. The summed E-state index contributed by atoms with van der Waals surface area (Å²) in [6, 6.07) is 9.32. The van der Waals surface area contributed by atoms with E-state index in [-0.39, 0.29) is 0 Å². The minimum absolute atomic E-state index is 0.314. The second-order valence-corrected chi connectivity index (χ2v) is 9.30. The van der Waals surface area contributed by atoms with Crippen molar-refractivity contribution >= 4 is 10.9 Å². The quantitative estimate of drug-likeness (QED) is 0.873. The Labute approximate surface area is 169 Å². The molecule has 0 bridgehead atoms. The second kappa shape index (κ2) is 8.10. The first-order valence-corrected chi connectivity index (χ1v) is 10.9. The number of pyridine rings is 1. The van der Waals surface area contributed by atoms with Crippen LogP contribution in [0.25, 0.3) is 10.9 Å². The third-order valence-corrected chi connectivity index (χ3v) is 7.47. The number of nitrogens with zero attached hydrogens (tertiary/aromatic N) is 3. The van der Waals surface area contributed by atoms with Gasteiger partial charge in [0.2, 0.25) is 0 Å². The van der Waals surface area contributed by atoms with Gasteiger partial charge in [-0.15, -0.1) is 0 Å². The summed E-state index contributed by atoms with van der Waals surface area (Å²) in [5, 5.41) is 11.5. The predicted molar refractivity (Wildman–Crippen MR) is 115 cm³/mol. The maximum absolute atomic E-state index is 10.2. The normalized spacial score (nSPS) is 23.7. The SMILES string of the molecule is Cc1ccc(CN2CCC3(CCN(C(C)C)CC3)[C@@H](CO)C2)c2cccnc12. The molecule has 152 valence electrons. The lowest BCUT2D eigenvalue weighted by molar-refractivity contribution is -0.0480.